The molecule has 0 saturated carbocycles. The van der Waals surface area contributed by atoms with E-state index in [9.17, 15) is 29.7 Å². The molecule has 13 nitrogen and oxygen atoms in total. The van der Waals surface area contributed by atoms with Gasteiger partial charge in [-0.15, -0.1) is 0 Å². The highest BCUT2D eigenvalue weighted by molar-refractivity contribution is 5.88. The molecule has 13 heteroatoms. The largest absolute Gasteiger partial charge is 0.504 e. The van der Waals surface area contributed by atoms with Gasteiger partial charge in [0.05, 0.1) is 12.2 Å². The van der Waals surface area contributed by atoms with Gasteiger partial charge in [-0.05, 0) is 59.9 Å². The highest BCUT2D eigenvalue weighted by atomic mass is 16.8. The van der Waals surface area contributed by atoms with Crippen molar-refractivity contribution in [3.05, 3.63) is 46.6 Å². The van der Waals surface area contributed by atoms with E-state index >= 15 is 0 Å². The fourth-order valence-corrected chi connectivity index (χ4v) is 5.19. The van der Waals surface area contributed by atoms with Crippen molar-refractivity contribution >= 4 is 17.9 Å². The van der Waals surface area contributed by atoms with Crippen molar-refractivity contribution < 1.29 is 62.9 Å². The molecule has 0 aliphatic carbocycles. The molecule has 262 valence electrons. The third kappa shape index (κ3) is 8.71. The second kappa shape index (κ2) is 16.1. The van der Waals surface area contributed by atoms with Gasteiger partial charge in [-0.2, -0.15) is 0 Å². The summed E-state index contributed by atoms with van der Waals surface area (Å²) in [5, 5.41) is 33.0. The molecule has 3 N–H and O–H groups in total. The molecule has 0 amide bonds. The van der Waals surface area contributed by atoms with Gasteiger partial charge in [0.2, 0.25) is 6.29 Å². The van der Waals surface area contributed by atoms with Crippen molar-refractivity contribution in [3.63, 3.8) is 0 Å². The number of ether oxygens (including phenoxy) is 7. The highest BCUT2D eigenvalue weighted by Gasteiger charge is 2.54. The summed E-state index contributed by atoms with van der Waals surface area (Å²) in [5.74, 6) is -2.29. The van der Waals surface area contributed by atoms with Crippen LogP contribution in [0.5, 0.6) is 11.5 Å². The van der Waals surface area contributed by atoms with Crippen LogP contribution < -0.4 is 4.74 Å². The van der Waals surface area contributed by atoms with Crippen LogP contribution in [0, 0.1) is 6.92 Å². The molecule has 0 aromatic heterocycles. The van der Waals surface area contributed by atoms with Gasteiger partial charge >= 0.3 is 17.9 Å². The number of carbonyl (C=O) groups excluding carboxylic acids is 3. The molecular formula is C34H48O13. The smallest absolute Gasteiger partial charge is 0.333 e. The number of benzene rings is 1. The number of hydrogen-bond acceptors (Lipinski definition) is 13. The Bertz CT molecular complexity index is 1350. The van der Waals surface area contributed by atoms with Crippen LogP contribution in [0.4, 0.5) is 0 Å². The van der Waals surface area contributed by atoms with Gasteiger partial charge in [0.25, 0.3) is 0 Å². The summed E-state index contributed by atoms with van der Waals surface area (Å²) in [6.45, 7) is 16.2. The lowest BCUT2D eigenvalue weighted by Gasteiger charge is -2.47. The third-order valence-electron chi connectivity index (χ3n) is 8.31. The zero-order valence-corrected chi connectivity index (χ0v) is 28.6. The number of allylic oxidation sites excluding steroid dienone is 2. The fourth-order valence-electron chi connectivity index (χ4n) is 5.19. The average Bonchev–Trinajstić information content (AvgIpc) is 3.01. The molecule has 3 rings (SSSR count). The van der Waals surface area contributed by atoms with Crippen molar-refractivity contribution in [1.29, 1.82) is 0 Å². The summed E-state index contributed by atoms with van der Waals surface area (Å²) in [6.07, 6.45) is -10.5. The summed E-state index contributed by atoms with van der Waals surface area (Å²) >= 11 is 0. The van der Waals surface area contributed by atoms with E-state index in [1.165, 1.54) is 19.9 Å². The number of aryl methyl sites for hydroxylation is 1. The van der Waals surface area contributed by atoms with Gasteiger partial charge < -0.3 is 48.5 Å². The molecule has 2 heterocycles. The molecule has 2 aliphatic rings. The minimum atomic E-state index is -1.75. The average molecular weight is 665 g/mol. The zero-order chi connectivity index (χ0) is 35.3. The van der Waals surface area contributed by atoms with E-state index in [2.05, 4.69) is 0 Å². The minimum absolute atomic E-state index is 0.0905. The molecular weight excluding hydrogens is 616 g/mol. The van der Waals surface area contributed by atoms with Crippen LogP contribution in [0.25, 0.3) is 0 Å². The van der Waals surface area contributed by atoms with E-state index in [1.54, 1.807) is 52.8 Å². The molecule has 1 aromatic rings. The minimum Gasteiger partial charge on any atom is -0.504 e. The number of aliphatic hydroxyl groups excluding tert-OH is 2. The maximum Gasteiger partial charge on any atom is 0.333 e. The number of aromatic hydroxyl groups is 1. The molecule has 10 atom stereocenters. The van der Waals surface area contributed by atoms with Crippen molar-refractivity contribution in [2.45, 2.75) is 137 Å². The number of hydrogen-bond donors (Lipinski definition) is 3. The summed E-state index contributed by atoms with van der Waals surface area (Å²) < 4.78 is 41.6. The van der Waals surface area contributed by atoms with Crippen molar-refractivity contribution in [1.82, 2.24) is 0 Å². The van der Waals surface area contributed by atoms with Gasteiger partial charge in [-0.3, -0.25) is 4.79 Å². The predicted octanol–water partition coefficient (Wildman–Crippen LogP) is 3.49. The van der Waals surface area contributed by atoms with Crippen molar-refractivity contribution in [2.75, 3.05) is 0 Å². The normalized spacial score (nSPS) is 31.7. The zero-order valence-electron chi connectivity index (χ0n) is 28.6. The molecule has 0 unspecified atom stereocenters. The summed E-state index contributed by atoms with van der Waals surface area (Å²) in [6, 6.07) is 3.55. The molecule has 1 aromatic carbocycles. The van der Waals surface area contributed by atoms with Crippen LogP contribution in [0.3, 0.4) is 0 Å². The number of phenolic OH excluding ortho intramolecular Hbond substituents is 1. The molecule has 2 fully saturated rings. The molecule has 2 aliphatic heterocycles. The van der Waals surface area contributed by atoms with Crippen LogP contribution in [0.15, 0.2) is 35.4 Å². The first-order valence-electron chi connectivity index (χ1n) is 15.7. The maximum atomic E-state index is 13.3. The van der Waals surface area contributed by atoms with Crippen LogP contribution in [-0.4, -0.2) is 94.6 Å². The Morgan fingerprint density at radius 1 is 0.787 bits per heavy atom. The first-order valence-corrected chi connectivity index (χ1v) is 15.7. The maximum absolute atomic E-state index is 13.3. The number of aliphatic hydroxyl groups is 2. The SMILES string of the molecule is CC=C(C)C(=O)O[C@H]1[C@H](Oc2c(C(C)C)ccc(C)c2O)O[C@H](C)[C@@H](OC(=O)C(C)=CC)[C@@H]1O[C@@H]1O[C@H](C)[C@H](OC(C)=O)[C@H](O)[C@H]1O. The van der Waals surface area contributed by atoms with E-state index in [4.69, 9.17) is 33.2 Å². The Morgan fingerprint density at radius 2 is 1.32 bits per heavy atom. The lowest BCUT2D eigenvalue weighted by atomic mass is 9.96. The van der Waals surface area contributed by atoms with Crippen LogP contribution in [0.2, 0.25) is 0 Å². The molecule has 0 bridgehead atoms. The third-order valence-corrected chi connectivity index (χ3v) is 8.31. The monoisotopic (exact) mass is 664 g/mol. The Labute approximate surface area is 275 Å². The molecule has 0 spiro atoms. The Hall–Kier alpha value is -3.49. The van der Waals surface area contributed by atoms with Crippen molar-refractivity contribution in [2.24, 2.45) is 0 Å². The molecule has 47 heavy (non-hydrogen) atoms. The topological polar surface area (TPSA) is 177 Å². The number of rotatable bonds is 10. The van der Waals surface area contributed by atoms with E-state index in [0.717, 1.165) is 6.92 Å². The second-order valence-corrected chi connectivity index (χ2v) is 12.2. The van der Waals surface area contributed by atoms with Crippen molar-refractivity contribution in [3.8, 4) is 11.5 Å². The Morgan fingerprint density at radius 3 is 1.85 bits per heavy atom. The lowest BCUT2D eigenvalue weighted by Crippen LogP contribution is -2.65. The lowest BCUT2D eigenvalue weighted by molar-refractivity contribution is -0.348. The van der Waals surface area contributed by atoms with Crippen LogP contribution in [-0.2, 0) is 42.8 Å². The summed E-state index contributed by atoms with van der Waals surface area (Å²) in [5.41, 5.74) is 1.69. The first kappa shape index (κ1) is 38.0. The summed E-state index contributed by atoms with van der Waals surface area (Å²) in [7, 11) is 0. The predicted molar refractivity (Wildman–Crippen MR) is 167 cm³/mol. The van der Waals surface area contributed by atoms with E-state index < -0.39 is 79.3 Å². The second-order valence-electron chi connectivity index (χ2n) is 12.2. The van der Waals surface area contributed by atoms with Gasteiger partial charge in [-0.25, -0.2) is 9.59 Å². The number of esters is 3. The Balaban J connectivity index is 2.14. The fraction of sp³-hybridized carbons (Fsp3) is 0.618. The summed E-state index contributed by atoms with van der Waals surface area (Å²) in [4.78, 5) is 37.9. The molecule has 2 saturated heterocycles. The van der Waals surface area contributed by atoms with Gasteiger partial charge in [0.15, 0.2) is 36.1 Å². The van der Waals surface area contributed by atoms with E-state index in [1.807, 2.05) is 13.8 Å². The molecule has 0 radical (unpaired) electrons. The number of phenols is 1. The quantitative estimate of drug-likeness (QED) is 0.188. The van der Waals surface area contributed by atoms with Crippen LogP contribution >= 0.6 is 0 Å². The standard InChI is InChI=1S/C34H48O13/c1-11-16(5)31(39)44-27-20(9)42-34(46-28-22(15(3)4)14-13-18(7)23(28)36)30(45-32(40)17(6)12-2)29(27)47-33-25(38)24(37)26(19(8)41-33)43-21(10)35/h11-15,19-20,24-27,29-30,33-34,36-38H,1-10H3/t19-,20-,24-,25-,26+,27-,29+,30-,33+,34+/m1/s1. The number of carbonyl (C=O) groups is 3. The van der Waals surface area contributed by atoms with E-state index in [0.29, 0.717) is 11.1 Å². The Kier molecular flexibility index (Phi) is 13.0. The van der Waals surface area contributed by atoms with Crippen LogP contribution in [0.1, 0.15) is 79.4 Å². The highest BCUT2D eigenvalue weighted by Crippen LogP contribution is 2.41. The van der Waals surface area contributed by atoms with Gasteiger partial charge in [0, 0.05) is 23.6 Å². The first-order chi connectivity index (χ1) is 22.0. The van der Waals surface area contributed by atoms with E-state index in [-0.39, 0.29) is 28.6 Å². The van der Waals surface area contributed by atoms with Gasteiger partial charge in [0.1, 0.15) is 18.3 Å². The van der Waals surface area contributed by atoms with Gasteiger partial charge in [-0.1, -0.05) is 38.1 Å².